The van der Waals surface area contributed by atoms with Crippen LogP contribution in [0.4, 0.5) is 4.79 Å². The first kappa shape index (κ1) is 23.2. The standard InChI is InChI=1S/C23H36N2O4/c1-16-11-19(28-7)12-17(2)20(16)13-24-14-23(18(3)26)9-8-10-25(15-23)21(27)29-22(4,5)6/h11-12,24H,8-10,13-15H2,1-7H3. The van der Waals surface area contributed by atoms with Gasteiger partial charge in [-0.1, -0.05) is 0 Å². The Labute approximate surface area is 174 Å². The number of benzene rings is 1. The summed E-state index contributed by atoms with van der Waals surface area (Å²) in [7, 11) is 1.67. The van der Waals surface area contributed by atoms with Gasteiger partial charge < -0.3 is 19.7 Å². The van der Waals surface area contributed by atoms with Crippen molar-refractivity contribution in [3.05, 3.63) is 28.8 Å². The fourth-order valence-electron chi connectivity index (χ4n) is 3.95. The average Bonchev–Trinajstić information content (AvgIpc) is 2.62. The highest BCUT2D eigenvalue weighted by molar-refractivity contribution is 5.84. The zero-order valence-corrected chi connectivity index (χ0v) is 19.0. The number of Topliss-reactive ketones (excluding diaryl/α,β-unsaturated/α-hetero) is 1. The number of likely N-dealkylation sites (tertiary alicyclic amines) is 1. The van der Waals surface area contributed by atoms with Crippen LogP contribution in [0.3, 0.4) is 0 Å². The Balaban J connectivity index is 2.08. The van der Waals surface area contributed by atoms with Crippen molar-refractivity contribution in [1.82, 2.24) is 10.2 Å². The number of piperidine rings is 1. The molecule has 1 unspecified atom stereocenters. The third-order valence-corrected chi connectivity index (χ3v) is 5.65. The highest BCUT2D eigenvalue weighted by Crippen LogP contribution is 2.32. The SMILES string of the molecule is COc1cc(C)c(CNCC2(C(C)=O)CCCN(C(=O)OC(C)(C)C)C2)c(C)c1. The van der Waals surface area contributed by atoms with Crippen LogP contribution in [-0.2, 0) is 16.1 Å². The molecule has 1 N–H and O–H groups in total. The van der Waals surface area contributed by atoms with Crippen LogP contribution in [0.5, 0.6) is 5.75 Å². The topological polar surface area (TPSA) is 67.9 Å². The molecule has 1 atom stereocenters. The Kier molecular flexibility index (Phi) is 7.33. The molecule has 0 aliphatic carbocycles. The van der Waals surface area contributed by atoms with Crippen molar-refractivity contribution >= 4 is 11.9 Å². The number of aryl methyl sites for hydroxylation is 2. The number of hydrogen-bond acceptors (Lipinski definition) is 5. The van der Waals surface area contributed by atoms with Crippen molar-refractivity contribution in [2.45, 2.75) is 66.5 Å². The zero-order valence-electron chi connectivity index (χ0n) is 19.0. The van der Waals surface area contributed by atoms with Gasteiger partial charge in [-0.05, 0) is 83.2 Å². The second-order valence-corrected chi connectivity index (χ2v) is 9.19. The zero-order chi connectivity index (χ0) is 21.8. The van der Waals surface area contributed by atoms with Gasteiger partial charge in [0.25, 0.3) is 0 Å². The molecule has 0 saturated carbocycles. The summed E-state index contributed by atoms with van der Waals surface area (Å²) < 4.78 is 10.9. The molecule has 162 valence electrons. The van der Waals surface area contributed by atoms with Crippen molar-refractivity contribution in [3.63, 3.8) is 0 Å². The minimum atomic E-state index is -0.580. The Morgan fingerprint density at radius 3 is 2.34 bits per heavy atom. The molecule has 0 bridgehead atoms. The van der Waals surface area contributed by atoms with Crippen LogP contribution in [0.25, 0.3) is 0 Å². The molecule has 1 fully saturated rings. The van der Waals surface area contributed by atoms with Crippen molar-refractivity contribution in [1.29, 1.82) is 0 Å². The van der Waals surface area contributed by atoms with E-state index in [1.165, 1.54) is 5.56 Å². The molecule has 0 aromatic heterocycles. The number of nitrogens with one attached hydrogen (secondary N) is 1. The monoisotopic (exact) mass is 404 g/mol. The molecule has 0 radical (unpaired) electrons. The molecule has 0 spiro atoms. The molecule has 2 rings (SSSR count). The molecule has 6 nitrogen and oxygen atoms in total. The van der Waals surface area contributed by atoms with Crippen LogP contribution in [0.2, 0.25) is 0 Å². The lowest BCUT2D eigenvalue weighted by Crippen LogP contribution is -2.54. The van der Waals surface area contributed by atoms with E-state index in [1.54, 1.807) is 18.9 Å². The van der Waals surface area contributed by atoms with E-state index >= 15 is 0 Å². The lowest BCUT2D eigenvalue weighted by Gasteiger charge is -2.41. The molecule has 29 heavy (non-hydrogen) atoms. The van der Waals surface area contributed by atoms with Crippen molar-refractivity contribution < 1.29 is 19.1 Å². The van der Waals surface area contributed by atoms with Crippen LogP contribution in [0.1, 0.15) is 57.2 Å². The van der Waals surface area contributed by atoms with Gasteiger partial charge in [0, 0.05) is 26.2 Å². The number of carbonyl (C=O) groups excluding carboxylic acids is 2. The molecule has 1 aliphatic heterocycles. The minimum absolute atomic E-state index is 0.112. The van der Waals surface area contributed by atoms with Gasteiger partial charge in [-0.25, -0.2) is 4.79 Å². The molecule has 1 amide bonds. The Bertz CT molecular complexity index is 731. The summed E-state index contributed by atoms with van der Waals surface area (Å²) in [4.78, 5) is 26.8. The molecule has 1 aromatic rings. The van der Waals surface area contributed by atoms with Gasteiger partial charge >= 0.3 is 6.09 Å². The summed E-state index contributed by atoms with van der Waals surface area (Å²) in [6, 6.07) is 4.05. The lowest BCUT2D eigenvalue weighted by molar-refractivity contribution is -0.129. The highest BCUT2D eigenvalue weighted by Gasteiger charge is 2.41. The van der Waals surface area contributed by atoms with Crippen LogP contribution >= 0.6 is 0 Å². The fraction of sp³-hybridized carbons (Fsp3) is 0.652. The molecule has 1 aliphatic rings. The summed E-state index contributed by atoms with van der Waals surface area (Å²) >= 11 is 0. The smallest absolute Gasteiger partial charge is 0.410 e. The van der Waals surface area contributed by atoms with E-state index in [4.69, 9.17) is 9.47 Å². The predicted octanol–water partition coefficient (Wildman–Crippen LogP) is 4.01. The Hall–Kier alpha value is -2.08. The number of amides is 1. The van der Waals surface area contributed by atoms with Gasteiger partial charge in [0.05, 0.1) is 12.5 Å². The first-order valence-electron chi connectivity index (χ1n) is 10.3. The van der Waals surface area contributed by atoms with E-state index in [-0.39, 0.29) is 11.9 Å². The van der Waals surface area contributed by atoms with Gasteiger partial charge in [-0.3, -0.25) is 4.79 Å². The van der Waals surface area contributed by atoms with E-state index < -0.39 is 11.0 Å². The van der Waals surface area contributed by atoms with Gasteiger partial charge in [0.2, 0.25) is 0 Å². The van der Waals surface area contributed by atoms with Crippen LogP contribution in [0, 0.1) is 19.3 Å². The third kappa shape index (κ3) is 5.95. The number of ketones is 1. The van der Waals surface area contributed by atoms with Crippen LogP contribution < -0.4 is 10.1 Å². The maximum atomic E-state index is 12.6. The van der Waals surface area contributed by atoms with E-state index in [0.29, 0.717) is 26.2 Å². The second-order valence-electron chi connectivity index (χ2n) is 9.19. The number of ether oxygens (including phenoxy) is 2. The lowest BCUT2D eigenvalue weighted by atomic mass is 9.76. The molecular weight excluding hydrogens is 368 g/mol. The Morgan fingerprint density at radius 2 is 1.83 bits per heavy atom. The molecule has 1 aromatic carbocycles. The van der Waals surface area contributed by atoms with Gasteiger partial charge in [0.1, 0.15) is 17.1 Å². The highest BCUT2D eigenvalue weighted by atomic mass is 16.6. The summed E-state index contributed by atoms with van der Waals surface area (Å²) in [5.74, 6) is 0.964. The van der Waals surface area contributed by atoms with Crippen LogP contribution in [0.15, 0.2) is 12.1 Å². The molecule has 1 heterocycles. The maximum Gasteiger partial charge on any atom is 0.410 e. The predicted molar refractivity (Wildman–Crippen MR) is 114 cm³/mol. The number of carbonyl (C=O) groups is 2. The minimum Gasteiger partial charge on any atom is -0.497 e. The first-order chi connectivity index (χ1) is 13.5. The van der Waals surface area contributed by atoms with Crippen molar-refractivity contribution in [2.24, 2.45) is 5.41 Å². The van der Waals surface area contributed by atoms with Gasteiger partial charge in [-0.2, -0.15) is 0 Å². The van der Waals surface area contributed by atoms with Crippen LogP contribution in [-0.4, -0.2) is 49.1 Å². The second kappa shape index (κ2) is 9.16. The quantitative estimate of drug-likeness (QED) is 0.776. The number of hydrogen-bond donors (Lipinski definition) is 1. The average molecular weight is 405 g/mol. The van der Waals surface area contributed by atoms with Gasteiger partial charge in [-0.15, -0.1) is 0 Å². The normalized spacial score (nSPS) is 19.8. The summed E-state index contributed by atoms with van der Waals surface area (Å²) in [6.45, 7) is 13.6. The summed E-state index contributed by atoms with van der Waals surface area (Å²) in [5, 5.41) is 3.48. The summed E-state index contributed by atoms with van der Waals surface area (Å²) in [5.41, 5.74) is 2.40. The Morgan fingerprint density at radius 1 is 1.21 bits per heavy atom. The fourth-order valence-corrected chi connectivity index (χ4v) is 3.95. The molecule has 6 heteroatoms. The third-order valence-electron chi connectivity index (χ3n) is 5.65. The van der Waals surface area contributed by atoms with E-state index in [9.17, 15) is 9.59 Å². The summed E-state index contributed by atoms with van der Waals surface area (Å²) in [6.07, 6.45) is 1.22. The first-order valence-corrected chi connectivity index (χ1v) is 10.3. The van der Waals surface area contributed by atoms with E-state index in [0.717, 1.165) is 29.7 Å². The van der Waals surface area contributed by atoms with Crippen molar-refractivity contribution in [2.75, 3.05) is 26.7 Å². The number of rotatable bonds is 6. The largest absolute Gasteiger partial charge is 0.497 e. The molecule has 1 saturated heterocycles. The van der Waals surface area contributed by atoms with Crippen molar-refractivity contribution in [3.8, 4) is 5.75 Å². The molecular formula is C23H36N2O4. The van der Waals surface area contributed by atoms with E-state index in [1.807, 2.05) is 32.9 Å². The van der Waals surface area contributed by atoms with E-state index in [2.05, 4.69) is 19.2 Å². The number of nitrogens with zero attached hydrogens (tertiary/aromatic N) is 1. The maximum absolute atomic E-state index is 12.6. The van der Waals surface area contributed by atoms with Gasteiger partial charge in [0.15, 0.2) is 0 Å². The number of methoxy groups -OCH3 is 1.